The molecule has 0 aliphatic heterocycles. The van der Waals surface area contributed by atoms with Crippen LogP contribution in [-0.2, 0) is 4.79 Å². The Labute approximate surface area is 119 Å². The van der Waals surface area contributed by atoms with Crippen molar-refractivity contribution in [1.82, 2.24) is 25.5 Å². The van der Waals surface area contributed by atoms with Gasteiger partial charge in [0.25, 0.3) is 5.91 Å². The van der Waals surface area contributed by atoms with Crippen LogP contribution in [0.25, 0.3) is 5.69 Å². The number of tetrazole rings is 1. The summed E-state index contributed by atoms with van der Waals surface area (Å²) >= 11 is 0. The maximum atomic E-state index is 12.1. The molecule has 1 aromatic carbocycles. The second-order valence-corrected chi connectivity index (χ2v) is 4.53. The zero-order chi connectivity index (χ0) is 15.5. The first-order valence-corrected chi connectivity index (χ1v) is 5.98. The third-order valence-corrected chi connectivity index (χ3v) is 2.80. The molecule has 9 heteroatoms. The van der Waals surface area contributed by atoms with Crippen molar-refractivity contribution >= 4 is 11.9 Å². The van der Waals surface area contributed by atoms with Crippen molar-refractivity contribution in [1.29, 1.82) is 0 Å². The molecule has 0 fully saturated rings. The van der Waals surface area contributed by atoms with E-state index in [9.17, 15) is 14.7 Å². The van der Waals surface area contributed by atoms with Gasteiger partial charge < -0.3 is 15.5 Å². The second kappa shape index (κ2) is 5.67. The molecule has 1 unspecified atom stereocenters. The van der Waals surface area contributed by atoms with E-state index in [-0.39, 0.29) is 5.56 Å². The third-order valence-electron chi connectivity index (χ3n) is 2.80. The molecule has 0 aliphatic rings. The summed E-state index contributed by atoms with van der Waals surface area (Å²) in [5.74, 6) is -1.96. The van der Waals surface area contributed by atoms with Crippen LogP contribution >= 0.6 is 0 Å². The molecule has 21 heavy (non-hydrogen) atoms. The van der Waals surface area contributed by atoms with Gasteiger partial charge >= 0.3 is 5.97 Å². The standard InChI is InChI=1S/C12H13N5O4/c1-12(21,11(19)20)6-13-10(18)8-4-2-3-5-9(8)17-7-14-15-16-17/h2-5,7,21H,6H2,1H3,(H,13,18)(H,19,20). The molecular weight excluding hydrogens is 278 g/mol. The van der Waals surface area contributed by atoms with Crippen LogP contribution in [0.4, 0.5) is 0 Å². The number of aliphatic carboxylic acids is 1. The Balaban J connectivity index is 2.19. The lowest BCUT2D eigenvalue weighted by atomic mass is 10.1. The van der Waals surface area contributed by atoms with E-state index in [0.29, 0.717) is 5.69 Å². The molecule has 3 N–H and O–H groups in total. The van der Waals surface area contributed by atoms with Gasteiger partial charge in [0.2, 0.25) is 0 Å². The number of nitrogens with zero attached hydrogens (tertiary/aromatic N) is 4. The number of rotatable bonds is 5. The number of nitrogens with one attached hydrogen (secondary N) is 1. The first-order chi connectivity index (χ1) is 9.92. The number of aromatic nitrogens is 4. The Hall–Kier alpha value is -2.81. The van der Waals surface area contributed by atoms with Crippen molar-refractivity contribution < 1.29 is 19.8 Å². The number of benzene rings is 1. The van der Waals surface area contributed by atoms with E-state index in [4.69, 9.17) is 5.11 Å². The Morgan fingerprint density at radius 1 is 1.38 bits per heavy atom. The van der Waals surface area contributed by atoms with Gasteiger partial charge in [-0.05, 0) is 29.5 Å². The van der Waals surface area contributed by atoms with Gasteiger partial charge in [0.15, 0.2) is 5.60 Å². The lowest BCUT2D eigenvalue weighted by molar-refractivity contribution is -0.155. The monoisotopic (exact) mass is 291 g/mol. The van der Waals surface area contributed by atoms with Gasteiger partial charge in [-0.2, -0.15) is 4.68 Å². The molecule has 0 bridgehead atoms. The van der Waals surface area contributed by atoms with Gasteiger partial charge in [0.1, 0.15) is 6.33 Å². The molecule has 2 rings (SSSR count). The molecule has 9 nitrogen and oxygen atoms in total. The van der Waals surface area contributed by atoms with Gasteiger partial charge in [0, 0.05) is 0 Å². The van der Waals surface area contributed by atoms with Gasteiger partial charge in [-0.1, -0.05) is 12.1 Å². The molecule has 0 radical (unpaired) electrons. The summed E-state index contributed by atoms with van der Waals surface area (Å²) in [6.07, 6.45) is 1.33. The van der Waals surface area contributed by atoms with Crippen molar-refractivity contribution in [3.63, 3.8) is 0 Å². The van der Waals surface area contributed by atoms with E-state index in [0.717, 1.165) is 6.92 Å². The number of carboxylic acid groups (broad SMARTS) is 1. The largest absolute Gasteiger partial charge is 0.479 e. The van der Waals surface area contributed by atoms with Crippen LogP contribution in [0.15, 0.2) is 30.6 Å². The summed E-state index contributed by atoms with van der Waals surface area (Å²) in [5.41, 5.74) is -1.35. The minimum absolute atomic E-state index is 0.256. The minimum atomic E-state index is -2.04. The molecule has 2 aromatic rings. The lowest BCUT2D eigenvalue weighted by Crippen LogP contribution is -2.46. The number of carbonyl (C=O) groups excluding carboxylic acids is 1. The van der Waals surface area contributed by atoms with Crippen LogP contribution in [0, 0.1) is 0 Å². The van der Waals surface area contributed by atoms with Crippen molar-refractivity contribution in [3.05, 3.63) is 36.2 Å². The Kier molecular flexibility index (Phi) is 3.94. The van der Waals surface area contributed by atoms with E-state index in [1.165, 1.54) is 11.0 Å². The molecule has 1 atom stereocenters. The predicted molar refractivity (Wildman–Crippen MR) is 69.7 cm³/mol. The number of aliphatic hydroxyl groups is 1. The fourth-order valence-corrected chi connectivity index (χ4v) is 1.56. The summed E-state index contributed by atoms with van der Waals surface area (Å²) in [4.78, 5) is 22.9. The quantitative estimate of drug-likeness (QED) is 0.659. The zero-order valence-electron chi connectivity index (χ0n) is 11.1. The fraction of sp³-hybridized carbons (Fsp3) is 0.250. The van der Waals surface area contributed by atoms with E-state index in [1.54, 1.807) is 24.3 Å². The normalized spacial score (nSPS) is 13.4. The summed E-state index contributed by atoms with van der Waals surface area (Å²) in [5, 5.41) is 31.4. The highest BCUT2D eigenvalue weighted by molar-refractivity contribution is 5.98. The van der Waals surface area contributed by atoms with Crippen molar-refractivity contribution in [2.24, 2.45) is 0 Å². The van der Waals surface area contributed by atoms with Crippen molar-refractivity contribution in [2.75, 3.05) is 6.54 Å². The molecular formula is C12H13N5O4. The van der Waals surface area contributed by atoms with Gasteiger partial charge in [-0.25, -0.2) is 4.79 Å². The van der Waals surface area contributed by atoms with E-state index in [2.05, 4.69) is 20.8 Å². The number of hydrogen-bond acceptors (Lipinski definition) is 6. The van der Waals surface area contributed by atoms with Crippen LogP contribution in [0.5, 0.6) is 0 Å². The predicted octanol–water partition coefficient (Wildman–Crippen LogP) is -0.772. The molecule has 0 saturated heterocycles. The molecule has 110 valence electrons. The zero-order valence-corrected chi connectivity index (χ0v) is 11.1. The van der Waals surface area contributed by atoms with Crippen LogP contribution < -0.4 is 5.32 Å². The average Bonchev–Trinajstić information content (AvgIpc) is 2.98. The molecule has 1 aromatic heterocycles. The maximum absolute atomic E-state index is 12.1. The smallest absolute Gasteiger partial charge is 0.337 e. The highest BCUT2D eigenvalue weighted by atomic mass is 16.4. The van der Waals surface area contributed by atoms with Crippen molar-refractivity contribution in [3.8, 4) is 5.69 Å². The van der Waals surface area contributed by atoms with E-state index >= 15 is 0 Å². The average molecular weight is 291 g/mol. The van der Waals surface area contributed by atoms with E-state index < -0.39 is 24.0 Å². The number of para-hydroxylation sites is 1. The van der Waals surface area contributed by atoms with Crippen LogP contribution in [0.2, 0.25) is 0 Å². The van der Waals surface area contributed by atoms with Gasteiger partial charge in [-0.15, -0.1) is 5.10 Å². The Morgan fingerprint density at radius 2 is 2.10 bits per heavy atom. The van der Waals surface area contributed by atoms with Crippen LogP contribution in [0.3, 0.4) is 0 Å². The van der Waals surface area contributed by atoms with Gasteiger partial charge in [-0.3, -0.25) is 4.79 Å². The number of amides is 1. The molecule has 0 spiro atoms. The molecule has 1 amide bonds. The summed E-state index contributed by atoms with van der Waals surface area (Å²) < 4.78 is 1.31. The Bertz CT molecular complexity index is 653. The first-order valence-electron chi connectivity index (χ1n) is 5.98. The maximum Gasteiger partial charge on any atom is 0.337 e. The Morgan fingerprint density at radius 3 is 2.71 bits per heavy atom. The number of carbonyl (C=O) groups is 2. The van der Waals surface area contributed by atoms with Gasteiger partial charge in [0.05, 0.1) is 17.8 Å². The summed E-state index contributed by atoms with van der Waals surface area (Å²) in [7, 11) is 0. The first kappa shape index (κ1) is 14.6. The summed E-state index contributed by atoms with van der Waals surface area (Å²) in [6, 6.07) is 6.54. The minimum Gasteiger partial charge on any atom is -0.479 e. The molecule has 1 heterocycles. The van der Waals surface area contributed by atoms with Crippen LogP contribution in [-0.4, -0.2) is 54.4 Å². The second-order valence-electron chi connectivity index (χ2n) is 4.53. The SMILES string of the molecule is CC(O)(CNC(=O)c1ccccc1-n1cnnn1)C(=O)O. The summed E-state index contributed by atoms with van der Waals surface area (Å²) in [6.45, 7) is 0.675. The van der Waals surface area contributed by atoms with Crippen LogP contribution in [0.1, 0.15) is 17.3 Å². The molecule has 0 saturated carbocycles. The lowest BCUT2D eigenvalue weighted by Gasteiger charge is -2.18. The topological polar surface area (TPSA) is 130 Å². The highest BCUT2D eigenvalue weighted by Crippen LogP contribution is 2.13. The third kappa shape index (κ3) is 3.20. The van der Waals surface area contributed by atoms with E-state index in [1.807, 2.05) is 0 Å². The highest BCUT2D eigenvalue weighted by Gasteiger charge is 2.30. The number of hydrogen-bond donors (Lipinski definition) is 3. The van der Waals surface area contributed by atoms with Crippen molar-refractivity contribution in [2.45, 2.75) is 12.5 Å². The molecule has 0 aliphatic carbocycles. The number of carboxylic acids is 1. The fourth-order valence-electron chi connectivity index (χ4n) is 1.56.